The summed E-state index contributed by atoms with van der Waals surface area (Å²) in [4.78, 5) is 19.4. The van der Waals surface area contributed by atoms with Crippen LogP contribution in [0.5, 0.6) is 11.5 Å². The average Bonchev–Trinajstić information content (AvgIpc) is 2.90. The van der Waals surface area contributed by atoms with Crippen molar-refractivity contribution >= 4 is 11.6 Å². The second kappa shape index (κ2) is 8.90. The predicted octanol–water partition coefficient (Wildman–Crippen LogP) is 3.89. The molecule has 2 aliphatic rings. The molecule has 0 saturated carbocycles. The van der Waals surface area contributed by atoms with Gasteiger partial charge in [-0.3, -0.25) is 4.79 Å². The Bertz CT molecular complexity index is 979. The number of hydrogen-bond acceptors (Lipinski definition) is 5. The first-order valence-corrected chi connectivity index (χ1v) is 10.5. The highest BCUT2D eigenvalue weighted by atomic mass is 19.4. The number of likely N-dealkylation sites (N-methyl/N-ethyl adjacent to an activating group) is 1. The molecule has 32 heavy (non-hydrogen) atoms. The van der Waals surface area contributed by atoms with E-state index in [4.69, 9.17) is 4.74 Å². The summed E-state index contributed by atoms with van der Waals surface area (Å²) in [5.41, 5.74) is 3.22. The summed E-state index contributed by atoms with van der Waals surface area (Å²) in [5, 5.41) is 0. The number of amides is 1. The fraction of sp³-hybridized carbons (Fsp3) is 0.435. The maximum atomic E-state index is 13.1. The number of hydrogen-bond donors (Lipinski definition) is 0. The summed E-state index contributed by atoms with van der Waals surface area (Å²) >= 11 is 0. The van der Waals surface area contributed by atoms with E-state index in [9.17, 15) is 18.0 Å². The fourth-order valence-electron chi connectivity index (χ4n) is 4.25. The standard InChI is InChI=1S/C23H26F3N3O3/c1-27-8-3-9-28(11-10-27)18-12-17-15-29(22(30)21(17)20(13-18)31-2)14-16-4-6-19(7-5-16)32-23(24,25)26/h4-7,12-13H,3,8-11,14-15H2,1-2H3. The highest BCUT2D eigenvalue weighted by Crippen LogP contribution is 2.36. The Morgan fingerprint density at radius 3 is 2.47 bits per heavy atom. The number of ether oxygens (including phenoxy) is 2. The van der Waals surface area contributed by atoms with Gasteiger partial charge in [-0.2, -0.15) is 0 Å². The van der Waals surface area contributed by atoms with Crippen LogP contribution in [0.2, 0.25) is 0 Å². The molecule has 172 valence electrons. The molecule has 2 aliphatic heterocycles. The topological polar surface area (TPSA) is 45.2 Å². The van der Waals surface area contributed by atoms with Gasteiger partial charge >= 0.3 is 6.36 Å². The smallest absolute Gasteiger partial charge is 0.496 e. The van der Waals surface area contributed by atoms with Gasteiger partial charge < -0.3 is 24.2 Å². The Balaban J connectivity index is 1.51. The van der Waals surface area contributed by atoms with Gasteiger partial charge in [-0.1, -0.05) is 12.1 Å². The summed E-state index contributed by atoms with van der Waals surface area (Å²) in [7, 11) is 3.68. The van der Waals surface area contributed by atoms with E-state index in [1.165, 1.54) is 24.3 Å². The molecule has 0 unspecified atom stereocenters. The van der Waals surface area contributed by atoms with Gasteiger partial charge in [-0.15, -0.1) is 13.2 Å². The van der Waals surface area contributed by atoms with Gasteiger partial charge in [0.25, 0.3) is 5.91 Å². The molecular formula is C23H26F3N3O3. The lowest BCUT2D eigenvalue weighted by Gasteiger charge is -2.24. The molecule has 0 aromatic heterocycles. The van der Waals surface area contributed by atoms with E-state index < -0.39 is 6.36 Å². The second-order valence-electron chi connectivity index (χ2n) is 8.18. The molecule has 2 aromatic carbocycles. The first-order valence-electron chi connectivity index (χ1n) is 10.5. The molecule has 9 heteroatoms. The van der Waals surface area contributed by atoms with E-state index in [2.05, 4.69) is 27.7 Å². The molecule has 6 nitrogen and oxygen atoms in total. The molecular weight excluding hydrogens is 423 g/mol. The quantitative estimate of drug-likeness (QED) is 0.693. The largest absolute Gasteiger partial charge is 0.573 e. The third-order valence-corrected chi connectivity index (χ3v) is 5.87. The fourth-order valence-corrected chi connectivity index (χ4v) is 4.25. The van der Waals surface area contributed by atoms with Crippen molar-refractivity contribution in [2.75, 3.05) is 45.2 Å². The zero-order chi connectivity index (χ0) is 22.9. The number of rotatable bonds is 5. The van der Waals surface area contributed by atoms with Crippen LogP contribution in [0.15, 0.2) is 36.4 Å². The lowest BCUT2D eigenvalue weighted by Crippen LogP contribution is -2.28. The minimum Gasteiger partial charge on any atom is -0.496 e. The number of nitrogens with zero attached hydrogens (tertiary/aromatic N) is 3. The molecule has 2 aromatic rings. The Hall–Kier alpha value is -2.94. The number of methoxy groups -OCH3 is 1. The molecule has 0 spiro atoms. The second-order valence-corrected chi connectivity index (χ2v) is 8.18. The molecule has 0 aliphatic carbocycles. The van der Waals surface area contributed by atoms with E-state index in [0.717, 1.165) is 49.4 Å². The van der Waals surface area contributed by atoms with Gasteiger partial charge in [0.1, 0.15) is 11.5 Å². The molecule has 0 bridgehead atoms. The molecule has 1 fully saturated rings. The van der Waals surface area contributed by atoms with Gasteiger partial charge in [0, 0.05) is 44.5 Å². The van der Waals surface area contributed by atoms with Crippen LogP contribution in [0.1, 0.15) is 27.9 Å². The Kier molecular flexibility index (Phi) is 6.19. The average molecular weight is 449 g/mol. The predicted molar refractivity (Wildman–Crippen MR) is 114 cm³/mol. The highest BCUT2D eigenvalue weighted by Gasteiger charge is 2.33. The van der Waals surface area contributed by atoms with Crippen molar-refractivity contribution in [2.24, 2.45) is 0 Å². The van der Waals surface area contributed by atoms with Crippen molar-refractivity contribution in [2.45, 2.75) is 25.9 Å². The van der Waals surface area contributed by atoms with Crippen LogP contribution in [-0.4, -0.2) is 62.4 Å². The zero-order valence-electron chi connectivity index (χ0n) is 18.1. The number of benzene rings is 2. The van der Waals surface area contributed by atoms with E-state index in [0.29, 0.717) is 17.9 Å². The number of fused-ring (bicyclic) bond motifs is 1. The number of anilines is 1. The Labute approximate surface area is 185 Å². The monoisotopic (exact) mass is 449 g/mol. The highest BCUT2D eigenvalue weighted by molar-refractivity contribution is 6.01. The summed E-state index contributed by atoms with van der Waals surface area (Å²) in [6.45, 7) is 4.58. The maximum absolute atomic E-state index is 13.1. The van der Waals surface area contributed by atoms with Gasteiger partial charge in [0.15, 0.2) is 0 Å². The summed E-state index contributed by atoms with van der Waals surface area (Å²) < 4.78 is 46.6. The van der Waals surface area contributed by atoms with Crippen molar-refractivity contribution < 1.29 is 27.4 Å². The van der Waals surface area contributed by atoms with Crippen LogP contribution in [-0.2, 0) is 13.1 Å². The van der Waals surface area contributed by atoms with E-state index in [-0.39, 0.29) is 18.2 Å². The maximum Gasteiger partial charge on any atom is 0.573 e. The van der Waals surface area contributed by atoms with E-state index >= 15 is 0 Å². The first kappa shape index (κ1) is 22.3. The normalized spacial score (nSPS) is 17.3. The van der Waals surface area contributed by atoms with Crippen LogP contribution in [0.3, 0.4) is 0 Å². The molecule has 0 radical (unpaired) electrons. The number of alkyl halides is 3. The van der Waals surface area contributed by atoms with E-state index in [1.54, 1.807) is 12.0 Å². The molecule has 2 heterocycles. The third kappa shape index (κ3) is 4.93. The van der Waals surface area contributed by atoms with Crippen LogP contribution in [0.25, 0.3) is 0 Å². The SMILES string of the molecule is COc1cc(N2CCCN(C)CC2)cc2c1C(=O)N(Cc1ccc(OC(F)(F)F)cc1)C2. The minimum absolute atomic E-state index is 0.144. The lowest BCUT2D eigenvalue weighted by molar-refractivity contribution is -0.274. The van der Waals surface area contributed by atoms with Gasteiger partial charge in [-0.25, -0.2) is 0 Å². The van der Waals surface area contributed by atoms with Crippen LogP contribution in [0, 0.1) is 0 Å². The van der Waals surface area contributed by atoms with E-state index in [1.807, 2.05) is 6.07 Å². The molecule has 4 rings (SSSR count). The lowest BCUT2D eigenvalue weighted by atomic mass is 10.1. The van der Waals surface area contributed by atoms with Crippen LogP contribution < -0.4 is 14.4 Å². The summed E-state index contributed by atoms with van der Waals surface area (Å²) in [6, 6.07) is 9.56. The Morgan fingerprint density at radius 1 is 1.03 bits per heavy atom. The van der Waals surface area contributed by atoms with Crippen molar-refractivity contribution in [3.63, 3.8) is 0 Å². The van der Waals surface area contributed by atoms with Crippen LogP contribution >= 0.6 is 0 Å². The zero-order valence-corrected chi connectivity index (χ0v) is 18.1. The molecule has 1 amide bonds. The number of carbonyl (C=O) groups excluding carboxylic acids is 1. The number of halogens is 3. The summed E-state index contributed by atoms with van der Waals surface area (Å²) in [5.74, 6) is 0.123. The number of carbonyl (C=O) groups is 1. The molecule has 0 N–H and O–H groups in total. The van der Waals surface area contributed by atoms with Crippen molar-refractivity contribution in [3.05, 3.63) is 53.1 Å². The van der Waals surface area contributed by atoms with Gasteiger partial charge in [0.2, 0.25) is 0 Å². The molecule has 0 atom stereocenters. The third-order valence-electron chi connectivity index (χ3n) is 5.87. The van der Waals surface area contributed by atoms with Crippen molar-refractivity contribution in [1.82, 2.24) is 9.80 Å². The minimum atomic E-state index is -4.73. The van der Waals surface area contributed by atoms with Gasteiger partial charge in [0.05, 0.1) is 12.7 Å². The summed E-state index contributed by atoms with van der Waals surface area (Å²) in [6.07, 6.45) is -3.67. The first-order chi connectivity index (χ1) is 15.2. The van der Waals surface area contributed by atoms with Crippen molar-refractivity contribution in [1.29, 1.82) is 0 Å². The van der Waals surface area contributed by atoms with Gasteiger partial charge in [-0.05, 0) is 49.3 Å². The Morgan fingerprint density at radius 2 is 1.78 bits per heavy atom. The van der Waals surface area contributed by atoms with Crippen molar-refractivity contribution in [3.8, 4) is 11.5 Å². The molecule has 1 saturated heterocycles. The van der Waals surface area contributed by atoms with Crippen LogP contribution in [0.4, 0.5) is 18.9 Å².